The molecule has 1 aromatic heterocycles. The molecule has 0 saturated heterocycles. The lowest BCUT2D eigenvalue weighted by molar-refractivity contribution is -0.119. The standard InChI is InChI=1S/C13H14ClN5O2S/c1-7(11(20)16-12(15)21)22-13-18-17-10(19(13)2)8-3-5-9(14)6-4-8/h3-7H,1-2H3,(H3,15,16,20,21)/t7-/m0/s1. The maximum Gasteiger partial charge on any atom is 0.318 e. The molecule has 1 heterocycles. The summed E-state index contributed by atoms with van der Waals surface area (Å²) < 4.78 is 1.77. The molecule has 0 bridgehead atoms. The Morgan fingerprint density at radius 1 is 1.32 bits per heavy atom. The van der Waals surface area contributed by atoms with E-state index in [-0.39, 0.29) is 0 Å². The Hall–Kier alpha value is -2.06. The number of amides is 3. The fourth-order valence-corrected chi connectivity index (χ4v) is 2.64. The Balaban J connectivity index is 2.16. The Bertz CT molecular complexity index is 701. The third kappa shape index (κ3) is 3.77. The Morgan fingerprint density at radius 2 is 1.95 bits per heavy atom. The molecule has 2 rings (SSSR count). The lowest BCUT2D eigenvalue weighted by Crippen LogP contribution is -2.39. The highest BCUT2D eigenvalue weighted by molar-refractivity contribution is 8.00. The molecule has 2 aromatic rings. The number of carbonyl (C=O) groups is 2. The predicted molar refractivity (Wildman–Crippen MR) is 84.5 cm³/mol. The molecule has 0 aliphatic carbocycles. The smallest absolute Gasteiger partial charge is 0.318 e. The summed E-state index contributed by atoms with van der Waals surface area (Å²) in [4.78, 5) is 22.4. The lowest BCUT2D eigenvalue weighted by Gasteiger charge is -2.09. The molecule has 0 aliphatic heterocycles. The van der Waals surface area contributed by atoms with Crippen molar-refractivity contribution < 1.29 is 9.59 Å². The molecule has 0 fully saturated rings. The zero-order chi connectivity index (χ0) is 16.3. The Labute approximate surface area is 136 Å². The van der Waals surface area contributed by atoms with Gasteiger partial charge in [-0.2, -0.15) is 0 Å². The van der Waals surface area contributed by atoms with Crippen LogP contribution in [0.1, 0.15) is 6.92 Å². The normalized spacial score (nSPS) is 12.0. The van der Waals surface area contributed by atoms with Crippen molar-refractivity contribution in [2.24, 2.45) is 12.8 Å². The third-order valence-electron chi connectivity index (χ3n) is 2.84. The first kappa shape index (κ1) is 16.3. The minimum absolute atomic E-state index is 0.478. The van der Waals surface area contributed by atoms with E-state index in [1.807, 2.05) is 17.4 Å². The third-order valence-corrected chi connectivity index (χ3v) is 4.22. The average Bonchev–Trinajstić information content (AvgIpc) is 2.80. The van der Waals surface area contributed by atoms with Gasteiger partial charge in [0, 0.05) is 17.6 Å². The van der Waals surface area contributed by atoms with E-state index in [0.717, 1.165) is 5.56 Å². The quantitative estimate of drug-likeness (QED) is 0.827. The summed E-state index contributed by atoms with van der Waals surface area (Å²) >= 11 is 7.04. The van der Waals surface area contributed by atoms with Crippen molar-refractivity contribution in [3.8, 4) is 11.4 Å². The van der Waals surface area contributed by atoms with E-state index in [2.05, 4.69) is 10.2 Å². The Morgan fingerprint density at radius 3 is 2.55 bits per heavy atom. The van der Waals surface area contributed by atoms with E-state index in [4.69, 9.17) is 17.3 Å². The van der Waals surface area contributed by atoms with Gasteiger partial charge < -0.3 is 10.3 Å². The number of hydrogen-bond acceptors (Lipinski definition) is 5. The van der Waals surface area contributed by atoms with Crippen molar-refractivity contribution in [3.05, 3.63) is 29.3 Å². The van der Waals surface area contributed by atoms with Crippen LogP contribution < -0.4 is 11.1 Å². The minimum atomic E-state index is -0.878. The summed E-state index contributed by atoms with van der Waals surface area (Å²) in [6.07, 6.45) is 0. The van der Waals surface area contributed by atoms with E-state index >= 15 is 0 Å². The minimum Gasteiger partial charge on any atom is -0.351 e. The van der Waals surface area contributed by atoms with Gasteiger partial charge in [0.25, 0.3) is 0 Å². The second-order valence-corrected chi connectivity index (χ2v) is 6.23. The highest BCUT2D eigenvalue weighted by atomic mass is 35.5. The summed E-state index contributed by atoms with van der Waals surface area (Å²) in [6, 6.07) is 6.33. The van der Waals surface area contributed by atoms with Crippen molar-refractivity contribution in [2.75, 3.05) is 0 Å². The van der Waals surface area contributed by atoms with Gasteiger partial charge in [0.15, 0.2) is 11.0 Å². The SMILES string of the molecule is C[C@H](Sc1nnc(-c2ccc(Cl)cc2)n1C)C(=O)NC(N)=O. The van der Waals surface area contributed by atoms with Gasteiger partial charge in [-0.25, -0.2) is 4.79 Å². The van der Waals surface area contributed by atoms with Gasteiger partial charge in [-0.1, -0.05) is 23.4 Å². The van der Waals surface area contributed by atoms with Crippen LogP contribution in [0.5, 0.6) is 0 Å². The van der Waals surface area contributed by atoms with E-state index in [1.165, 1.54) is 11.8 Å². The first-order valence-electron chi connectivity index (χ1n) is 6.30. The molecule has 0 unspecified atom stereocenters. The molecular weight excluding hydrogens is 326 g/mol. The van der Waals surface area contributed by atoms with E-state index in [9.17, 15) is 9.59 Å². The molecule has 0 radical (unpaired) electrons. The highest BCUT2D eigenvalue weighted by Crippen LogP contribution is 2.26. The molecular formula is C13H14ClN5O2S. The number of hydrogen-bond donors (Lipinski definition) is 2. The average molecular weight is 340 g/mol. The largest absolute Gasteiger partial charge is 0.351 e. The topological polar surface area (TPSA) is 103 Å². The fraction of sp³-hybridized carbons (Fsp3) is 0.231. The van der Waals surface area contributed by atoms with Crippen LogP contribution in [0.25, 0.3) is 11.4 Å². The number of primary amides is 1. The van der Waals surface area contributed by atoms with Crippen molar-refractivity contribution in [1.82, 2.24) is 20.1 Å². The number of nitrogens with two attached hydrogens (primary N) is 1. The zero-order valence-electron chi connectivity index (χ0n) is 11.9. The van der Waals surface area contributed by atoms with Crippen molar-refractivity contribution >= 4 is 35.3 Å². The molecule has 1 aromatic carbocycles. The molecule has 116 valence electrons. The number of benzene rings is 1. The van der Waals surface area contributed by atoms with Crippen molar-refractivity contribution in [3.63, 3.8) is 0 Å². The molecule has 9 heteroatoms. The number of rotatable bonds is 4. The van der Waals surface area contributed by atoms with E-state index in [0.29, 0.717) is 16.0 Å². The summed E-state index contributed by atoms with van der Waals surface area (Å²) in [5, 5.41) is 10.9. The number of halogens is 1. The number of nitrogens with one attached hydrogen (secondary N) is 1. The van der Waals surface area contributed by atoms with Crippen LogP contribution in [-0.2, 0) is 11.8 Å². The molecule has 0 saturated carbocycles. The van der Waals surface area contributed by atoms with Crippen LogP contribution in [0.3, 0.4) is 0 Å². The van der Waals surface area contributed by atoms with Gasteiger partial charge in [-0.15, -0.1) is 10.2 Å². The Kier molecular flexibility index (Phi) is 5.04. The molecule has 3 amide bonds. The van der Waals surface area contributed by atoms with Crippen molar-refractivity contribution in [2.45, 2.75) is 17.3 Å². The van der Waals surface area contributed by atoms with E-state index in [1.54, 1.807) is 30.7 Å². The maximum absolute atomic E-state index is 11.7. The maximum atomic E-state index is 11.7. The van der Waals surface area contributed by atoms with Crippen LogP contribution in [0.15, 0.2) is 29.4 Å². The van der Waals surface area contributed by atoms with Gasteiger partial charge in [-0.05, 0) is 31.2 Å². The highest BCUT2D eigenvalue weighted by Gasteiger charge is 2.20. The van der Waals surface area contributed by atoms with Crippen LogP contribution in [0, 0.1) is 0 Å². The number of carbonyl (C=O) groups excluding carboxylic acids is 2. The van der Waals surface area contributed by atoms with Gasteiger partial charge >= 0.3 is 6.03 Å². The number of nitrogens with zero attached hydrogens (tertiary/aromatic N) is 3. The van der Waals surface area contributed by atoms with Gasteiger partial charge in [0.1, 0.15) is 0 Å². The van der Waals surface area contributed by atoms with Gasteiger partial charge in [0.2, 0.25) is 5.91 Å². The number of urea groups is 1. The molecule has 7 nitrogen and oxygen atoms in total. The molecule has 3 N–H and O–H groups in total. The summed E-state index contributed by atoms with van der Waals surface area (Å²) in [5.41, 5.74) is 5.78. The van der Waals surface area contributed by atoms with Crippen LogP contribution >= 0.6 is 23.4 Å². The summed E-state index contributed by atoms with van der Waals surface area (Å²) in [6.45, 7) is 1.65. The van der Waals surface area contributed by atoms with E-state index < -0.39 is 17.2 Å². The first-order valence-corrected chi connectivity index (χ1v) is 7.56. The number of imide groups is 1. The molecule has 0 spiro atoms. The molecule has 22 heavy (non-hydrogen) atoms. The van der Waals surface area contributed by atoms with Crippen molar-refractivity contribution in [1.29, 1.82) is 0 Å². The van der Waals surface area contributed by atoms with Crippen LogP contribution in [0.2, 0.25) is 5.02 Å². The number of thioether (sulfide) groups is 1. The monoisotopic (exact) mass is 339 g/mol. The molecule has 0 aliphatic rings. The number of aromatic nitrogens is 3. The predicted octanol–water partition coefficient (Wildman–Crippen LogP) is 1.81. The molecule has 1 atom stereocenters. The second kappa shape index (κ2) is 6.80. The lowest BCUT2D eigenvalue weighted by atomic mass is 10.2. The zero-order valence-corrected chi connectivity index (χ0v) is 13.5. The van der Waals surface area contributed by atoms with Crippen LogP contribution in [0.4, 0.5) is 4.79 Å². The summed E-state index contributed by atoms with van der Waals surface area (Å²) in [5.74, 6) is 0.176. The first-order chi connectivity index (χ1) is 10.4. The second-order valence-electron chi connectivity index (χ2n) is 4.49. The fourth-order valence-electron chi connectivity index (χ4n) is 1.70. The van der Waals surface area contributed by atoms with Gasteiger partial charge in [-0.3, -0.25) is 10.1 Å². The van der Waals surface area contributed by atoms with Gasteiger partial charge in [0.05, 0.1) is 5.25 Å². The summed E-state index contributed by atoms with van der Waals surface area (Å²) in [7, 11) is 1.80. The van der Waals surface area contributed by atoms with Crippen LogP contribution in [-0.4, -0.2) is 32.0 Å².